The molecule has 1 aromatic heterocycles. The maximum Gasteiger partial charge on any atom is 0.274 e. The fourth-order valence-corrected chi connectivity index (χ4v) is 1.21. The first-order valence-corrected chi connectivity index (χ1v) is 5.29. The minimum Gasteiger partial charge on any atom is -0.369 e. The minimum absolute atomic E-state index is 0.0546. The van der Waals surface area contributed by atoms with Gasteiger partial charge in [0.15, 0.2) is 0 Å². The van der Waals surface area contributed by atoms with Crippen molar-refractivity contribution in [3.8, 4) is 0 Å². The summed E-state index contributed by atoms with van der Waals surface area (Å²) in [6.45, 7) is 4.60. The van der Waals surface area contributed by atoms with E-state index in [9.17, 15) is 10.1 Å². The second kappa shape index (κ2) is 6.73. The second-order valence-electron chi connectivity index (χ2n) is 3.33. The minimum atomic E-state index is -0.428. The Hall–Kier alpha value is -1.69. The van der Waals surface area contributed by atoms with E-state index in [0.29, 0.717) is 12.4 Å². The molecule has 0 saturated heterocycles. The molecule has 6 heteroatoms. The molecule has 2 N–H and O–H groups in total. The Labute approximate surface area is 94.2 Å². The summed E-state index contributed by atoms with van der Waals surface area (Å²) in [4.78, 5) is 14.1. The van der Waals surface area contributed by atoms with Crippen LogP contribution in [0.2, 0.25) is 0 Å². The Morgan fingerprint density at radius 1 is 1.44 bits per heavy atom. The van der Waals surface area contributed by atoms with Crippen LogP contribution in [0, 0.1) is 10.1 Å². The van der Waals surface area contributed by atoms with E-state index in [4.69, 9.17) is 0 Å². The Balaban J connectivity index is 2.36. The molecule has 16 heavy (non-hydrogen) atoms. The second-order valence-corrected chi connectivity index (χ2v) is 3.33. The van der Waals surface area contributed by atoms with Gasteiger partial charge in [-0.2, -0.15) is 0 Å². The Morgan fingerprint density at radius 2 is 2.25 bits per heavy atom. The Bertz CT molecular complexity index is 343. The zero-order valence-corrected chi connectivity index (χ0v) is 9.27. The third kappa shape index (κ3) is 4.22. The van der Waals surface area contributed by atoms with Crippen molar-refractivity contribution in [2.45, 2.75) is 13.3 Å². The molecule has 1 rings (SSSR count). The van der Waals surface area contributed by atoms with E-state index in [0.717, 1.165) is 19.5 Å². The lowest BCUT2D eigenvalue weighted by atomic mass is 10.4. The predicted molar refractivity (Wildman–Crippen MR) is 62.5 cm³/mol. The van der Waals surface area contributed by atoms with Crippen LogP contribution in [0.5, 0.6) is 0 Å². The monoisotopic (exact) mass is 224 g/mol. The third-order valence-corrected chi connectivity index (χ3v) is 1.99. The van der Waals surface area contributed by atoms with Gasteiger partial charge in [0, 0.05) is 25.4 Å². The van der Waals surface area contributed by atoms with Gasteiger partial charge in [-0.25, -0.2) is 4.98 Å². The molecule has 0 saturated carbocycles. The van der Waals surface area contributed by atoms with Crippen LogP contribution in [0.15, 0.2) is 18.3 Å². The highest BCUT2D eigenvalue weighted by Crippen LogP contribution is 2.13. The molecule has 0 bridgehead atoms. The number of nitrogens with zero attached hydrogens (tertiary/aromatic N) is 2. The lowest BCUT2D eigenvalue weighted by molar-refractivity contribution is -0.384. The maximum atomic E-state index is 10.5. The summed E-state index contributed by atoms with van der Waals surface area (Å²) in [6, 6.07) is 2.81. The fourth-order valence-electron chi connectivity index (χ4n) is 1.21. The predicted octanol–water partition coefficient (Wildman–Crippen LogP) is 1.40. The molecule has 0 spiro atoms. The van der Waals surface area contributed by atoms with Gasteiger partial charge in [-0.1, -0.05) is 6.92 Å². The van der Waals surface area contributed by atoms with E-state index >= 15 is 0 Å². The van der Waals surface area contributed by atoms with Gasteiger partial charge in [0.1, 0.15) is 5.82 Å². The van der Waals surface area contributed by atoms with Crippen LogP contribution in [0.3, 0.4) is 0 Å². The number of hydrogen-bond donors (Lipinski definition) is 2. The molecule has 0 aliphatic heterocycles. The molecule has 1 aromatic rings. The van der Waals surface area contributed by atoms with Gasteiger partial charge < -0.3 is 10.6 Å². The van der Waals surface area contributed by atoms with Crippen molar-refractivity contribution in [1.29, 1.82) is 0 Å². The van der Waals surface area contributed by atoms with Gasteiger partial charge in [-0.05, 0) is 13.0 Å². The topological polar surface area (TPSA) is 80.1 Å². The quantitative estimate of drug-likeness (QED) is 0.415. The van der Waals surface area contributed by atoms with E-state index in [-0.39, 0.29) is 5.69 Å². The van der Waals surface area contributed by atoms with Crippen LogP contribution < -0.4 is 10.6 Å². The van der Waals surface area contributed by atoms with Gasteiger partial charge in [-0.15, -0.1) is 0 Å². The summed E-state index contributed by atoms with van der Waals surface area (Å²) in [5, 5.41) is 16.7. The number of rotatable bonds is 7. The van der Waals surface area contributed by atoms with Crippen molar-refractivity contribution in [1.82, 2.24) is 10.3 Å². The van der Waals surface area contributed by atoms with E-state index in [2.05, 4.69) is 22.5 Å². The smallest absolute Gasteiger partial charge is 0.274 e. The van der Waals surface area contributed by atoms with Crippen molar-refractivity contribution in [2.24, 2.45) is 0 Å². The SMILES string of the molecule is CCCNCCNc1cc([N+](=O)[O-])ccn1. The molecule has 0 aliphatic carbocycles. The number of aromatic nitrogens is 1. The third-order valence-electron chi connectivity index (χ3n) is 1.99. The first kappa shape index (κ1) is 12.4. The van der Waals surface area contributed by atoms with Gasteiger partial charge in [0.2, 0.25) is 0 Å². The number of hydrogen-bond acceptors (Lipinski definition) is 5. The van der Waals surface area contributed by atoms with Crippen LogP contribution in [-0.2, 0) is 0 Å². The Kier molecular flexibility index (Phi) is 5.21. The largest absolute Gasteiger partial charge is 0.369 e. The van der Waals surface area contributed by atoms with Gasteiger partial charge in [-0.3, -0.25) is 10.1 Å². The summed E-state index contributed by atoms with van der Waals surface area (Å²) in [5.41, 5.74) is 0.0546. The van der Waals surface area contributed by atoms with Crippen LogP contribution >= 0.6 is 0 Å². The molecule has 0 atom stereocenters. The van der Waals surface area contributed by atoms with Crippen molar-refractivity contribution >= 4 is 11.5 Å². The van der Waals surface area contributed by atoms with Crippen molar-refractivity contribution < 1.29 is 4.92 Å². The van der Waals surface area contributed by atoms with E-state index in [1.165, 1.54) is 18.3 Å². The number of pyridine rings is 1. The van der Waals surface area contributed by atoms with Crippen LogP contribution in [0.1, 0.15) is 13.3 Å². The van der Waals surface area contributed by atoms with Crippen LogP contribution in [-0.4, -0.2) is 29.5 Å². The van der Waals surface area contributed by atoms with E-state index in [1.54, 1.807) is 0 Å². The lowest BCUT2D eigenvalue weighted by Gasteiger charge is -2.05. The highest BCUT2D eigenvalue weighted by molar-refractivity contribution is 5.44. The van der Waals surface area contributed by atoms with Crippen LogP contribution in [0.25, 0.3) is 0 Å². The zero-order chi connectivity index (χ0) is 11.8. The first-order valence-electron chi connectivity index (χ1n) is 5.29. The van der Waals surface area contributed by atoms with Crippen LogP contribution in [0.4, 0.5) is 11.5 Å². The molecule has 0 unspecified atom stereocenters. The molecule has 6 nitrogen and oxygen atoms in total. The van der Waals surface area contributed by atoms with Crippen molar-refractivity contribution in [2.75, 3.05) is 25.0 Å². The summed E-state index contributed by atoms with van der Waals surface area (Å²) in [7, 11) is 0. The van der Waals surface area contributed by atoms with E-state index in [1.807, 2.05) is 0 Å². The molecule has 0 aromatic carbocycles. The maximum absolute atomic E-state index is 10.5. The zero-order valence-electron chi connectivity index (χ0n) is 9.27. The first-order chi connectivity index (χ1) is 7.74. The summed E-state index contributed by atoms with van der Waals surface area (Å²) >= 11 is 0. The Morgan fingerprint density at radius 3 is 2.94 bits per heavy atom. The van der Waals surface area contributed by atoms with Crippen molar-refractivity contribution in [3.05, 3.63) is 28.4 Å². The standard InChI is InChI=1S/C10H16N4O2/c1-2-4-11-6-7-13-10-8-9(14(15)16)3-5-12-10/h3,5,8,11H,2,4,6-7H2,1H3,(H,12,13). The molecule has 0 amide bonds. The molecular formula is C10H16N4O2. The average Bonchev–Trinajstić information content (AvgIpc) is 2.29. The molecule has 88 valence electrons. The molecule has 0 radical (unpaired) electrons. The van der Waals surface area contributed by atoms with Gasteiger partial charge in [0.05, 0.1) is 11.0 Å². The highest BCUT2D eigenvalue weighted by Gasteiger charge is 2.05. The lowest BCUT2D eigenvalue weighted by Crippen LogP contribution is -2.22. The molecular weight excluding hydrogens is 208 g/mol. The summed E-state index contributed by atoms with van der Waals surface area (Å²) < 4.78 is 0. The number of nitrogens with one attached hydrogen (secondary N) is 2. The average molecular weight is 224 g/mol. The summed E-state index contributed by atoms with van der Waals surface area (Å²) in [5.74, 6) is 0.535. The number of nitro groups is 1. The molecule has 0 aliphatic rings. The van der Waals surface area contributed by atoms with E-state index < -0.39 is 4.92 Å². The fraction of sp³-hybridized carbons (Fsp3) is 0.500. The summed E-state index contributed by atoms with van der Waals surface area (Å²) in [6.07, 6.45) is 2.52. The number of anilines is 1. The highest BCUT2D eigenvalue weighted by atomic mass is 16.6. The molecule has 0 fully saturated rings. The van der Waals surface area contributed by atoms with Gasteiger partial charge in [0.25, 0.3) is 5.69 Å². The van der Waals surface area contributed by atoms with Gasteiger partial charge >= 0.3 is 0 Å². The molecule has 1 heterocycles. The normalized spacial score (nSPS) is 10.1. The van der Waals surface area contributed by atoms with Crippen molar-refractivity contribution in [3.63, 3.8) is 0 Å².